The molecule has 0 spiro atoms. The predicted octanol–water partition coefficient (Wildman–Crippen LogP) is 5.98. The van der Waals surface area contributed by atoms with E-state index in [4.69, 9.17) is 9.47 Å². The zero-order chi connectivity index (χ0) is 33.5. The number of aliphatic hydroxyl groups excluding tert-OH is 4. The van der Waals surface area contributed by atoms with Crippen LogP contribution in [0, 0.1) is 17.8 Å². The third-order valence-corrected chi connectivity index (χ3v) is 8.72. The van der Waals surface area contributed by atoms with Crippen molar-refractivity contribution in [2.45, 2.75) is 167 Å². The molecule has 1 rings (SSSR count). The summed E-state index contributed by atoms with van der Waals surface area (Å²) in [7, 11) is 0. The van der Waals surface area contributed by atoms with E-state index in [-0.39, 0.29) is 50.4 Å². The van der Waals surface area contributed by atoms with Crippen molar-refractivity contribution < 1.29 is 44.3 Å². The van der Waals surface area contributed by atoms with E-state index in [1.165, 1.54) is 32.1 Å². The van der Waals surface area contributed by atoms with Gasteiger partial charge >= 0.3 is 11.9 Å². The van der Waals surface area contributed by atoms with E-state index in [1.807, 2.05) is 0 Å². The van der Waals surface area contributed by atoms with Crippen LogP contribution in [0.2, 0.25) is 0 Å². The van der Waals surface area contributed by atoms with Crippen LogP contribution in [0.15, 0.2) is 12.2 Å². The lowest BCUT2D eigenvalue weighted by Crippen LogP contribution is -2.28. The summed E-state index contributed by atoms with van der Waals surface area (Å²) in [5.74, 6) is -0.960. The number of carbonyl (C=O) groups excluding carboxylic acids is 3. The molecular weight excluding hydrogens is 576 g/mol. The number of unbranched alkanes of at least 4 members (excludes halogenated alkanes) is 9. The molecule has 9 nitrogen and oxygen atoms in total. The van der Waals surface area contributed by atoms with Crippen molar-refractivity contribution >= 4 is 17.7 Å². The second kappa shape index (κ2) is 25.3. The number of carbonyl (C=O) groups is 3. The molecule has 0 saturated heterocycles. The van der Waals surface area contributed by atoms with Gasteiger partial charge in [0.1, 0.15) is 12.4 Å². The highest BCUT2D eigenvalue weighted by atomic mass is 16.6. The normalized spacial score (nSPS) is 21.3. The Hall–Kier alpha value is -1.81. The lowest BCUT2D eigenvalue weighted by molar-refractivity contribution is -0.161. The van der Waals surface area contributed by atoms with Gasteiger partial charge in [-0.2, -0.15) is 0 Å². The zero-order valence-corrected chi connectivity index (χ0v) is 28.4. The molecule has 0 bridgehead atoms. The SMILES string of the molecule is CCCCC[C@H](O)/C=C/[C@@H]1[C@@H](CC(=O)CCCCC(=O)OC[C@H](CO)OC(=O)CCCCCCCCCC(C)C)[C@@H](O)C[C@H]1O. The van der Waals surface area contributed by atoms with Gasteiger partial charge in [0.05, 0.1) is 24.9 Å². The molecule has 6 atom stereocenters. The van der Waals surface area contributed by atoms with Crippen LogP contribution in [0.4, 0.5) is 0 Å². The maximum absolute atomic E-state index is 12.6. The molecule has 1 fully saturated rings. The molecule has 45 heavy (non-hydrogen) atoms. The lowest BCUT2D eigenvalue weighted by Gasteiger charge is -2.20. The summed E-state index contributed by atoms with van der Waals surface area (Å²) < 4.78 is 10.4. The van der Waals surface area contributed by atoms with Crippen LogP contribution >= 0.6 is 0 Å². The zero-order valence-electron chi connectivity index (χ0n) is 28.4. The highest BCUT2D eigenvalue weighted by molar-refractivity contribution is 5.79. The third kappa shape index (κ3) is 20.1. The molecule has 1 aliphatic rings. The molecule has 0 aromatic rings. The van der Waals surface area contributed by atoms with Crippen molar-refractivity contribution in [2.24, 2.45) is 17.8 Å². The van der Waals surface area contributed by atoms with Crippen LogP contribution in [-0.4, -0.2) is 75.8 Å². The minimum atomic E-state index is -0.892. The first kappa shape index (κ1) is 41.2. The fourth-order valence-electron chi connectivity index (χ4n) is 5.91. The molecule has 0 aromatic carbocycles. The maximum atomic E-state index is 12.6. The fourth-order valence-corrected chi connectivity index (χ4v) is 5.91. The van der Waals surface area contributed by atoms with E-state index in [1.54, 1.807) is 12.2 Å². The van der Waals surface area contributed by atoms with E-state index < -0.39 is 48.9 Å². The Morgan fingerprint density at radius 1 is 0.800 bits per heavy atom. The summed E-state index contributed by atoms with van der Waals surface area (Å²) in [5.41, 5.74) is 0. The van der Waals surface area contributed by atoms with Crippen molar-refractivity contribution in [3.63, 3.8) is 0 Å². The number of aliphatic hydroxyl groups is 4. The molecule has 0 aliphatic heterocycles. The van der Waals surface area contributed by atoms with Crippen LogP contribution in [0.1, 0.15) is 143 Å². The van der Waals surface area contributed by atoms with E-state index >= 15 is 0 Å². The molecule has 1 aliphatic carbocycles. The van der Waals surface area contributed by atoms with Crippen molar-refractivity contribution in [1.29, 1.82) is 0 Å². The van der Waals surface area contributed by atoms with Crippen molar-refractivity contribution in [3.8, 4) is 0 Å². The largest absolute Gasteiger partial charge is 0.462 e. The standard InChI is InChI=1S/C36H64O9/c1-4-5-11-17-28(38)21-22-31-32(34(41)24-33(31)40)23-29(39)18-14-15-19-35(42)44-26-30(25-37)45-36(43)20-13-10-8-6-7-9-12-16-27(2)3/h21-22,27-28,30-34,37-38,40-41H,4-20,23-26H2,1-3H3/b22-21+/t28-,30-,31+,32+,33+,34-/m0/s1. The van der Waals surface area contributed by atoms with Crippen LogP contribution in [0.3, 0.4) is 0 Å². The van der Waals surface area contributed by atoms with Gasteiger partial charge in [0.2, 0.25) is 0 Å². The maximum Gasteiger partial charge on any atom is 0.306 e. The van der Waals surface area contributed by atoms with Gasteiger partial charge in [0, 0.05) is 43.9 Å². The Kier molecular flexibility index (Phi) is 23.2. The Morgan fingerprint density at radius 2 is 1.40 bits per heavy atom. The van der Waals surface area contributed by atoms with E-state index in [9.17, 15) is 34.8 Å². The third-order valence-electron chi connectivity index (χ3n) is 8.72. The summed E-state index contributed by atoms with van der Waals surface area (Å²) in [6, 6.07) is 0. The second-order valence-corrected chi connectivity index (χ2v) is 13.4. The summed E-state index contributed by atoms with van der Waals surface area (Å²) in [5, 5.41) is 40.5. The van der Waals surface area contributed by atoms with Crippen LogP contribution in [-0.2, 0) is 23.9 Å². The molecule has 4 N–H and O–H groups in total. The molecular formula is C36H64O9. The van der Waals surface area contributed by atoms with Crippen LogP contribution in [0.5, 0.6) is 0 Å². The molecule has 0 radical (unpaired) electrons. The van der Waals surface area contributed by atoms with Crippen LogP contribution < -0.4 is 0 Å². The quantitative estimate of drug-likeness (QED) is 0.0483. The smallest absolute Gasteiger partial charge is 0.306 e. The Morgan fingerprint density at radius 3 is 2.07 bits per heavy atom. The molecule has 262 valence electrons. The van der Waals surface area contributed by atoms with Gasteiger partial charge in [0.15, 0.2) is 6.10 Å². The average molecular weight is 641 g/mol. The summed E-state index contributed by atoms with van der Waals surface area (Å²) in [4.78, 5) is 36.9. The molecule has 0 unspecified atom stereocenters. The number of ketones is 1. The van der Waals surface area contributed by atoms with Crippen molar-refractivity contribution in [3.05, 3.63) is 12.2 Å². The highest BCUT2D eigenvalue weighted by Crippen LogP contribution is 2.36. The predicted molar refractivity (Wildman–Crippen MR) is 175 cm³/mol. The molecule has 0 heterocycles. The first-order chi connectivity index (χ1) is 21.6. The molecule has 1 saturated carbocycles. The molecule has 9 heteroatoms. The second-order valence-electron chi connectivity index (χ2n) is 13.4. The summed E-state index contributed by atoms with van der Waals surface area (Å²) in [6.45, 7) is 5.95. The van der Waals surface area contributed by atoms with Gasteiger partial charge in [-0.25, -0.2) is 0 Å². The summed E-state index contributed by atoms with van der Waals surface area (Å²) >= 11 is 0. The highest BCUT2D eigenvalue weighted by Gasteiger charge is 2.41. The topological polar surface area (TPSA) is 151 Å². The number of hydrogen-bond acceptors (Lipinski definition) is 9. The Bertz CT molecular complexity index is 827. The molecule has 0 aromatic heterocycles. The van der Waals surface area contributed by atoms with Crippen molar-refractivity contribution in [2.75, 3.05) is 13.2 Å². The fraction of sp³-hybridized carbons (Fsp3) is 0.861. The first-order valence-corrected chi connectivity index (χ1v) is 17.8. The van der Waals surface area contributed by atoms with E-state index in [0.29, 0.717) is 19.3 Å². The van der Waals surface area contributed by atoms with Gasteiger partial charge in [-0.3, -0.25) is 14.4 Å². The molecule has 0 amide bonds. The summed E-state index contributed by atoms with van der Waals surface area (Å²) in [6.07, 6.45) is 14.9. The average Bonchev–Trinajstić information content (AvgIpc) is 3.26. The van der Waals surface area contributed by atoms with Gasteiger partial charge in [0.25, 0.3) is 0 Å². The number of Topliss-reactive ketones (excluding diaryl/α,β-unsaturated/α-hetero) is 1. The van der Waals surface area contributed by atoms with Crippen molar-refractivity contribution in [1.82, 2.24) is 0 Å². The number of ether oxygens (including phenoxy) is 2. The number of esters is 2. The van der Waals surface area contributed by atoms with Gasteiger partial charge < -0.3 is 29.9 Å². The first-order valence-electron chi connectivity index (χ1n) is 17.8. The van der Waals surface area contributed by atoms with E-state index in [2.05, 4.69) is 20.8 Å². The minimum Gasteiger partial charge on any atom is -0.462 e. The Labute approximate surface area is 272 Å². The number of hydrogen-bond donors (Lipinski definition) is 4. The minimum absolute atomic E-state index is 0.0442. The van der Waals surface area contributed by atoms with Gasteiger partial charge in [-0.15, -0.1) is 0 Å². The number of rotatable bonds is 27. The lowest BCUT2D eigenvalue weighted by atomic mass is 9.87. The monoisotopic (exact) mass is 640 g/mol. The van der Waals surface area contributed by atoms with E-state index in [0.717, 1.165) is 44.4 Å². The van der Waals surface area contributed by atoms with Gasteiger partial charge in [-0.1, -0.05) is 97.1 Å². The Balaban J connectivity index is 2.22. The van der Waals surface area contributed by atoms with Gasteiger partial charge in [-0.05, 0) is 31.6 Å². The van der Waals surface area contributed by atoms with Crippen LogP contribution in [0.25, 0.3) is 0 Å².